The minimum Gasteiger partial charge on any atom is -0.481 e. The van der Waals surface area contributed by atoms with E-state index in [0.717, 1.165) is 29.4 Å². The fourth-order valence-electron chi connectivity index (χ4n) is 2.03. The van der Waals surface area contributed by atoms with Gasteiger partial charge >= 0.3 is 5.97 Å². The Labute approximate surface area is 144 Å². The number of aryl methyl sites for hydroxylation is 1. The Morgan fingerprint density at radius 2 is 2.00 bits per heavy atom. The van der Waals surface area contributed by atoms with Crippen molar-refractivity contribution in [2.24, 2.45) is 0 Å². The molecule has 1 heterocycles. The molecule has 0 aliphatic carbocycles. The molecule has 1 aromatic carbocycles. The van der Waals surface area contributed by atoms with Crippen molar-refractivity contribution in [3.63, 3.8) is 0 Å². The molecule has 124 valence electrons. The third kappa shape index (κ3) is 5.58. The molecule has 0 aliphatic rings. The number of unbranched alkanes of at least 4 members (excludes halogenated alkanes) is 1. The molecule has 0 amide bonds. The Morgan fingerprint density at radius 1 is 1.22 bits per heavy atom. The van der Waals surface area contributed by atoms with E-state index in [0.29, 0.717) is 5.16 Å². The summed E-state index contributed by atoms with van der Waals surface area (Å²) in [6, 6.07) is 9.85. The van der Waals surface area contributed by atoms with E-state index < -0.39 is 5.97 Å². The van der Waals surface area contributed by atoms with Crippen LogP contribution in [0.4, 0.5) is 0 Å². The number of aromatic nitrogens is 3. The van der Waals surface area contributed by atoms with Gasteiger partial charge in [0.05, 0.1) is 5.75 Å². The highest BCUT2D eigenvalue weighted by molar-refractivity contribution is 7.99. The van der Waals surface area contributed by atoms with Crippen LogP contribution in [0.15, 0.2) is 35.5 Å². The number of thioether (sulfide) groups is 2. The molecule has 2 rings (SSSR count). The second-order valence-electron chi connectivity index (χ2n) is 4.97. The molecular formula is C16H21N3O2S2. The van der Waals surface area contributed by atoms with Gasteiger partial charge in [0, 0.05) is 17.9 Å². The summed E-state index contributed by atoms with van der Waals surface area (Å²) in [7, 11) is 0. The zero-order valence-electron chi connectivity index (χ0n) is 13.1. The number of carboxylic acids is 1. The Kier molecular flexibility index (Phi) is 7.48. The first-order chi connectivity index (χ1) is 11.2. The van der Waals surface area contributed by atoms with Crippen molar-refractivity contribution in [2.75, 3.05) is 17.3 Å². The van der Waals surface area contributed by atoms with Crippen molar-refractivity contribution in [2.45, 2.75) is 31.3 Å². The average Bonchev–Trinajstić information content (AvgIpc) is 2.96. The molecule has 0 fully saturated rings. The lowest BCUT2D eigenvalue weighted by atomic mass is 10.3. The lowest BCUT2D eigenvalue weighted by Gasteiger charge is -2.09. The van der Waals surface area contributed by atoms with E-state index in [-0.39, 0.29) is 5.75 Å². The fourth-order valence-corrected chi connectivity index (χ4v) is 3.75. The number of hydrogen-bond acceptors (Lipinski definition) is 5. The molecule has 0 atom stereocenters. The maximum atomic E-state index is 10.8. The fraction of sp³-hybridized carbons (Fsp3) is 0.438. The van der Waals surface area contributed by atoms with Crippen LogP contribution in [0, 0.1) is 0 Å². The normalized spacial score (nSPS) is 10.8. The van der Waals surface area contributed by atoms with Gasteiger partial charge in [0.1, 0.15) is 5.82 Å². The third-order valence-corrected chi connectivity index (χ3v) is 5.14. The Hall–Kier alpha value is -1.47. The maximum Gasteiger partial charge on any atom is 0.313 e. The van der Waals surface area contributed by atoms with Crippen molar-refractivity contribution < 1.29 is 9.90 Å². The van der Waals surface area contributed by atoms with Gasteiger partial charge < -0.3 is 5.11 Å². The molecule has 0 spiro atoms. The molecule has 0 saturated heterocycles. The lowest BCUT2D eigenvalue weighted by Crippen LogP contribution is -2.06. The Balaban J connectivity index is 2.12. The van der Waals surface area contributed by atoms with Crippen LogP contribution in [-0.4, -0.2) is 43.1 Å². The van der Waals surface area contributed by atoms with Crippen molar-refractivity contribution in [1.82, 2.24) is 14.8 Å². The average molecular weight is 351 g/mol. The summed E-state index contributed by atoms with van der Waals surface area (Å²) in [5.74, 6) is 2.17. The number of rotatable bonds is 10. The molecular weight excluding hydrogens is 330 g/mol. The molecule has 0 saturated carbocycles. The summed E-state index contributed by atoms with van der Waals surface area (Å²) in [6.07, 6.45) is 3.27. The van der Waals surface area contributed by atoms with Gasteiger partial charge in [-0.1, -0.05) is 43.3 Å². The highest BCUT2D eigenvalue weighted by Gasteiger charge is 2.15. The van der Waals surface area contributed by atoms with E-state index in [1.165, 1.54) is 24.6 Å². The minimum atomic E-state index is -0.853. The van der Waals surface area contributed by atoms with E-state index in [1.54, 1.807) is 0 Å². The van der Waals surface area contributed by atoms with Crippen LogP contribution in [0.5, 0.6) is 0 Å². The standard InChI is InChI=1S/C16H21N3O2S2/c1-2-3-10-22-11-9-14-17-18-16(23-12-15(20)21)19(14)13-7-5-4-6-8-13/h4-8H,2-3,9-12H2,1H3,(H,20,21). The van der Waals surface area contributed by atoms with E-state index in [9.17, 15) is 4.79 Å². The monoisotopic (exact) mass is 351 g/mol. The Morgan fingerprint density at radius 3 is 2.70 bits per heavy atom. The summed E-state index contributed by atoms with van der Waals surface area (Å²) >= 11 is 3.12. The summed E-state index contributed by atoms with van der Waals surface area (Å²) in [5, 5.41) is 18.0. The molecule has 23 heavy (non-hydrogen) atoms. The summed E-state index contributed by atoms with van der Waals surface area (Å²) in [4.78, 5) is 10.8. The van der Waals surface area contributed by atoms with Gasteiger partial charge in [0.2, 0.25) is 0 Å². The molecule has 0 bridgehead atoms. The quantitative estimate of drug-likeness (QED) is 0.522. The largest absolute Gasteiger partial charge is 0.481 e. The second kappa shape index (κ2) is 9.62. The van der Waals surface area contributed by atoms with E-state index >= 15 is 0 Å². The first-order valence-electron chi connectivity index (χ1n) is 7.64. The highest BCUT2D eigenvalue weighted by Crippen LogP contribution is 2.22. The summed E-state index contributed by atoms with van der Waals surface area (Å²) in [5.41, 5.74) is 0.971. The number of benzene rings is 1. The van der Waals surface area contributed by atoms with Crippen molar-refractivity contribution in [1.29, 1.82) is 0 Å². The van der Waals surface area contributed by atoms with Crippen molar-refractivity contribution >= 4 is 29.5 Å². The van der Waals surface area contributed by atoms with Crippen molar-refractivity contribution in [3.8, 4) is 5.69 Å². The van der Waals surface area contributed by atoms with E-state index in [2.05, 4.69) is 17.1 Å². The van der Waals surface area contributed by atoms with Crippen LogP contribution < -0.4 is 0 Å². The third-order valence-electron chi connectivity index (χ3n) is 3.15. The van der Waals surface area contributed by atoms with E-state index in [4.69, 9.17) is 5.11 Å². The van der Waals surface area contributed by atoms with Gasteiger partial charge in [-0.3, -0.25) is 9.36 Å². The molecule has 0 aliphatic heterocycles. The van der Waals surface area contributed by atoms with Crippen molar-refractivity contribution in [3.05, 3.63) is 36.2 Å². The molecule has 7 heteroatoms. The molecule has 0 unspecified atom stereocenters. The first-order valence-corrected chi connectivity index (χ1v) is 9.78. The number of aliphatic carboxylic acids is 1. The first kappa shape index (κ1) is 17.9. The summed E-state index contributed by atoms with van der Waals surface area (Å²) < 4.78 is 1.97. The predicted octanol–water partition coefficient (Wildman–Crippen LogP) is 3.52. The van der Waals surface area contributed by atoms with Gasteiger partial charge in [-0.05, 0) is 24.3 Å². The molecule has 0 radical (unpaired) electrons. The van der Waals surface area contributed by atoms with Gasteiger partial charge in [-0.15, -0.1) is 10.2 Å². The van der Waals surface area contributed by atoms with Crippen LogP contribution in [0.2, 0.25) is 0 Å². The summed E-state index contributed by atoms with van der Waals surface area (Å²) in [6.45, 7) is 2.19. The lowest BCUT2D eigenvalue weighted by molar-refractivity contribution is -0.133. The number of nitrogens with zero attached hydrogens (tertiary/aromatic N) is 3. The number of carbonyl (C=O) groups is 1. The topological polar surface area (TPSA) is 68.0 Å². The number of carboxylic acid groups (broad SMARTS) is 1. The van der Waals surface area contributed by atoms with Crippen LogP contribution >= 0.6 is 23.5 Å². The van der Waals surface area contributed by atoms with Gasteiger partial charge in [0.25, 0.3) is 0 Å². The van der Waals surface area contributed by atoms with Gasteiger partial charge in [0.15, 0.2) is 5.16 Å². The second-order valence-corrected chi connectivity index (χ2v) is 7.14. The van der Waals surface area contributed by atoms with Crippen LogP contribution in [0.3, 0.4) is 0 Å². The number of hydrogen-bond donors (Lipinski definition) is 1. The Bertz CT molecular complexity index is 617. The molecule has 5 nitrogen and oxygen atoms in total. The SMILES string of the molecule is CCCCSCCc1nnc(SCC(=O)O)n1-c1ccccc1. The molecule has 1 N–H and O–H groups in total. The van der Waals surface area contributed by atoms with Crippen LogP contribution in [0.25, 0.3) is 5.69 Å². The van der Waals surface area contributed by atoms with E-state index in [1.807, 2.05) is 46.7 Å². The zero-order valence-corrected chi connectivity index (χ0v) is 14.8. The maximum absolute atomic E-state index is 10.8. The predicted molar refractivity (Wildman–Crippen MR) is 95.7 cm³/mol. The van der Waals surface area contributed by atoms with Gasteiger partial charge in [-0.25, -0.2) is 0 Å². The smallest absolute Gasteiger partial charge is 0.313 e. The minimum absolute atomic E-state index is 0.0176. The number of para-hydroxylation sites is 1. The zero-order chi connectivity index (χ0) is 16.5. The molecule has 1 aromatic heterocycles. The molecule has 2 aromatic rings. The highest BCUT2D eigenvalue weighted by atomic mass is 32.2. The van der Waals surface area contributed by atoms with Crippen LogP contribution in [0.1, 0.15) is 25.6 Å². The van der Waals surface area contributed by atoms with Gasteiger partial charge in [-0.2, -0.15) is 11.8 Å². The van der Waals surface area contributed by atoms with Crippen LogP contribution in [-0.2, 0) is 11.2 Å².